The summed E-state index contributed by atoms with van der Waals surface area (Å²) in [5, 5.41) is 17.3. The van der Waals surface area contributed by atoms with Crippen molar-refractivity contribution in [1.29, 1.82) is 0 Å². The molecule has 0 saturated heterocycles. The van der Waals surface area contributed by atoms with Crippen LogP contribution in [0.15, 0.2) is 60.7 Å². The Morgan fingerprint density at radius 3 is 0.933 bits per heavy atom. The van der Waals surface area contributed by atoms with Gasteiger partial charge in [-0.1, -0.05) is 36.4 Å². The van der Waals surface area contributed by atoms with Crippen LogP contribution < -0.4 is 0 Å². The van der Waals surface area contributed by atoms with Crippen LogP contribution in [-0.2, 0) is 0 Å². The predicted molar refractivity (Wildman–Crippen MR) is 62.0 cm³/mol. The Balaban J connectivity index is 0.000000245. The first kappa shape index (κ1) is 14.0. The molecule has 0 heterocycles. The number of hydrogen-bond acceptors (Lipinski definition) is 2. The number of rotatable bonds is 0. The zero-order valence-corrected chi connectivity index (χ0v) is 10.7. The molecule has 15 heavy (non-hydrogen) atoms. The van der Waals surface area contributed by atoms with Crippen molar-refractivity contribution >= 4 is 29.6 Å². The van der Waals surface area contributed by atoms with Gasteiger partial charge >= 0.3 is 0 Å². The molecule has 1 radical (unpaired) electrons. The van der Waals surface area contributed by atoms with Crippen molar-refractivity contribution in [3.63, 3.8) is 0 Å². The molecule has 0 amide bonds. The molecular weight excluding hydrogens is 199 g/mol. The molecule has 0 aliphatic heterocycles. The third kappa shape index (κ3) is 7.03. The van der Waals surface area contributed by atoms with E-state index in [0.29, 0.717) is 11.5 Å². The van der Waals surface area contributed by atoms with Gasteiger partial charge in [-0.05, 0) is 24.3 Å². The molecule has 0 unspecified atom stereocenters. The van der Waals surface area contributed by atoms with Gasteiger partial charge in [0.05, 0.1) is 0 Å². The van der Waals surface area contributed by atoms with E-state index < -0.39 is 0 Å². The maximum absolute atomic E-state index is 8.63. The second kappa shape index (κ2) is 8.36. The molecule has 2 N–H and O–H groups in total. The van der Waals surface area contributed by atoms with E-state index in [-0.39, 0.29) is 29.6 Å². The maximum atomic E-state index is 8.63. The Bertz CT molecular complexity index is 311. The molecule has 2 aromatic rings. The topological polar surface area (TPSA) is 40.5 Å². The van der Waals surface area contributed by atoms with Gasteiger partial charge in [0.15, 0.2) is 0 Å². The molecule has 0 aliphatic rings. The number of phenolic OH excluding ortho intramolecular Hbond substituents is 2. The summed E-state index contributed by atoms with van der Waals surface area (Å²) in [5.41, 5.74) is 0. The smallest absolute Gasteiger partial charge is 0.115 e. The zero-order valence-electron chi connectivity index (χ0n) is 8.67. The van der Waals surface area contributed by atoms with Gasteiger partial charge in [-0.3, -0.25) is 0 Å². The van der Waals surface area contributed by atoms with Crippen LogP contribution in [-0.4, -0.2) is 39.8 Å². The van der Waals surface area contributed by atoms with E-state index in [1.807, 2.05) is 12.1 Å². The summed E-state index contributed by atoms with van der Waals surface area (Å²) in [5.74, 6) is 0.644. The van der Waals surface area contributed by atoms with Gasteiger partial charge in [0.1, 0.15) is 11.5 Å². The summed E-state index contributed by atoms with van der Waals surface area (Å²) < 4.78 is 0. The first-order valence-corrected chi connectivity index (χ1v) is 4.27. The number of aromatic hydroxyl groups is 2. The van der Waals surface area contributed by atoms with Crippen molar-refractivity contribution in [2.24, 2.45) is 0 Å². The van der Waals surface area contributed by atoms with Crippen LogP contribution in [0, 0.1) is 0 Å². The van der Waals surface area contributed by atoms with E-state index in [9.17, 15) is 0 Å². The van der Waals surface area contributed by atoms with Gasteiger partial charge in [-0.25, -0.2) is 0 Å². The van der Waals surface area contributed by atoms with Gasteiger partial charge in [0, 0.05) is 29.6 Å². The summed E-state index contributed by atoms with van der Waals surface area (Å²) in [7, 11) is 0. The molecular formula is C12H12NaO2. The Morgan fingerprint density at radius 2 is 0.800 bits per heavy atom. The first-order valence-electron chi connectivity index (χ1n) is 4.27. The van der Waals surface area contributed by atoms with Crippen molar-refractivity contribution < 1.29 is 10.2 Å². The predicted octanol–water partition coefficient (Wildman–Crippen LogP) is 2.40. The fraction of sp³-hybridized carbons (Fsp3) is 0. The van der Waals surface area contributed by atoms with Crippen molar-refractivity contribution in [1.82, 2.24) is 0 Å². The Labute approximate surface area is 111 Å². The molecule has 2 nitrogen and oxygen atoms in total. The van der Waals surface area contributed by atoms with Crippen molar-refractivity contribution in [2.45, 2.75) is 0 Å². The minimum absolute atomic E-state index is 0. The van der Waals surface area contributed by atoms with Gasteiger partial charge in [-0.2, -0.15) is 0 Å². The normalized spacial score (nSPS) is 8.00. The molecule has 3 heteroatoms. The van der Waals surface area contributed by atoms with Gasteiger partial charge in [0.2, 0.25) is 0 Å². The van der Waals surface area contributed by atoms with E-state index in [0.717, 1.165) is 0 Å². The van der Waals surface area contributed by atoms with E-state index in [4.69, 9.17) is 10.2 Å². The summed E-state index contributed by atoms with van der Waals surface area (Å²) in [6, 6.07) is 17.4. The molecule has 0 aromatic heterocycles. The van der Waals surface area contributed by atoms with Crippen LogP contribution in [0.5, 0.6) is 11.5 Å². The van der Waals surface area contributed by atoms with Crippen molar-refractivity contribution in [3.05, 3.63) is 60.7 Å². The van der Waals surface area contributed by atoms with Crippen LogP contribution in [0.2, 0.25) is 0 Å². The van der Waals surface area contributed by atoms with E-state index in [1.54, 1.807) is 48.5 Å². The largest absolute Gasteiger partial charge is 0.508 e. The summed E-state index contributed by atoms with van der Waals surface area (Å²) in [6.45, 7) is 0. The molecule has 73 valence electrons. The minimum atomic E-state index is 0. The number of hydrogen-bond donors (Lipinski definition) is 2. The Morgan fingerprint density at radius 1 is 0.533 bits per heavy atom. The average molecular weight is 211 g/mol. The Kier molecular flexibility index (Phi) is 7.82. The molecule has 0 spiro atoms. The fourth-order valence-electron chi connectivity index (χ4n) is 0.856. The second-order valence-corrected chi connectivity index (χ2v) is 2.67. The molecule has 0 saturated carbocycles. The molecule has 0 fully saturated rings. The van der Waals surface area contributed by atoms with Crippen molar-refractivity contribution in [2.75, 3.05) is 0 Å². The van der Waals surface area contributed by atoms with Crippen LogP contribution in [0.4, 0.5) is 0 Å². The first-order chi connectivity index (χ1) is 6.79. The summed E-state index contributed by atoms with van der Waals surface area (Å²) >= 11 is 0. The van der Waals surface area contributed by atoms with E-state index in [2.05, 4.69) is 0 Å². The molecule has 2 aromatic carbocycles. The second-order valence-electron chi connectivity index (χ2n) is 2.67. The molecule has 2 rings (SSSR count). The fourth-order valence-corrected chi connectivity index (χ4v) is 0.856. The van der Waals surface area contributed by atoms with Crippen LogP contribution in [0.1, 0.15) is 0 Å². The monoisotopic (exact) mass is 211 g/mol. The molecule has 0 bridgehead atoms. The number of para-hydroxylation sites is 2. The van der Waals surface area contributed by atoms with Crippen LogP contribution in [0.25, 0.3) is 0 Å². The maximum Gasteiger partial charge on any atom is 0.115 e. The number of benzene rings is 2. The summed E-state index contributed by atoms with van der Waals surface area (Å²) in [6.07, 6.45) is 0. The quantitative estimate of drug-likeness (QED) is 0.657. The van der Waals surface area contributed by atoms with E-state index >= 15 is 0 Å². The van der Waals surface area contributed by atoms with E-state index in [1.165, 1.54) is 0 Å². The molecule has 0 aliphatic carbocycles. The van der Waals surface area contributed by atoms with Gasteiger partial charge in [0.25, 0.3) is 0 Å². The van der Waals surface area contributed by atoms with Crippen molar-refractivity contribution in [3.8, 4) is 11.5 Å². The van der Waals surface area contributed by atoms with Gasteiger partial charge in [-0.15, -0.1) is 0 Å². The Hall–Kier alpha value is -0.960. The van der Waals surface area contributed by atoms with Gasteiger partial charge < -0.3 is 10.2 Å². The minimum Gasteiger partial charge on any atom is -0.508 e. The third-order valence-electron chi connectivity index (χ3n) is 1.51. The zero-order chi connectivity index (χ0) is 10.2. The average Bonchev–Trinajstić information content (AvgIpc) is 2.21. The van der Waals surface area contributed by atoms with Crippen LogP contribution >= 0.6 is 0 Å². The molecule has 0 atom stereocenters. The third-order valence-corrected chi connectivity index (χ3v) is 1.51. The summed E-state index contributed by atoms with van der Waals surface area (Å²) in [4.78, 5) is 0. The SMILES string of the molecule is Oc1ccccc1.Oc1ccccc1.[Na]. The number of phenols is 2. The standard InChI is InChI=1S/2C6H6O.Na/c2*7-6-4-2-1-3-5-6;/h2*1-5,7H;. The van der Waals surface area contributed by atoms with Crippen LogP contribution in [0.3, 0.4) is 0 Å².